The molecule has 3 heterocycles. The molecule has 2 aromatic carbocycles. The average molecular weight is 455 g/mol. The van der Waals surface area contributed by atoms with Gasteiger partial charge in [0.15, 0.2) is 5.65 Å². The number of pyridine rings is 1. The van der Waals surface area contributed by atoms with Gasteiger partial charge in [-0.15, -0.1) is 0 Å². The Morgan fingerprint density at radius 3 is 2.50 bits per heavy atom. The number of anilines is 1. The van der Waals surface area contributed by atoms with Crippen molar-refractivity contribution in [2.24, 2.45) is 0 Å². The van der Waals surface area contributed by atoms with E-state index in [0.29, 0.717) is 19.6 Å². The number of hydrogen-bond donors (Lipinski definition) is 1. The third kappa shape index (κ3) is 4.52. The quantitative estimate of drug-likeness (QED) is 0.477. The minimum Gasteiger partial charge on any atom is -0.322 e. The van der Waals surface area contributed by atoms with Gasteiger partial charge >= 0.3 is 6.03 Å². The van der Waals surface area contributed by atoms with Crippen LogP contribution in [0.5, 0.6) is 0 Å². The van der Waals surface area contributed by atoms with Gasteiger partial charge in [0.2, 0.25) is 0 Å². The zero-order chi connectivity index (χ0) is 23.5. The fourth-order valence-corrected chi connectivity index (χ4v) is 4.48. The molecule has 1 aliphatic heterocycles. The van der Waals surface area contributed by atoms with Gasteiger partial charge in [-0.2, -0.15) is 0 Å². The van der Waals surface area contributed by atoms with Crippen LogP contribution in [0.1, 0.15) is 23.9 Å². The summed E-state index contributed by atoms with van der Waals surface area (Å²) in [6, 6.07) is 20.4. The van der Waals surface area contributed by atoms with Crippen molar-refractivity contribution in [2.45, 2.75) is 26.8 Å². The highest BCUT2D eigenvalue weighted by molar-refractivity contribution is 5.90. The predicted molar refractivity (Wildman–Crippen MR) is 135 cm³/mol. The number of hydrogen-bond acceptors (Lipinski definition) is 4. The van der Waals surface area contributed by atoms with Gasteiger partial charge in [0.1, 0.15) is 11.3 Å². The Balaban J connectivity index is 1.29. The van der Waals surface area contributed by atoms with E-state index in [2.05, 4.69) is 63.9 Å². The smallest absolute Gasteiger partial charge is 0.321 e. The summed E-state index contributed by atoms with van der Waals surface area (Å²) in [6.45, 7) is 7.86. The molecule has 174 valence electrons. The molecular weight excluding hydrogens is 424 g/mol. The zero-order valence-corrected chi connectivity index (χ0v) is 19.7. The van der Waals surface area contributed by atoms with Gasteiger partial charge in [0.05, 0.1) is 6.54 Å². The van der Waals surface area contributed by atoms with E-state index in [0.717, 1.165) is 53.4 Å². The first-order valence-corrected chi connectivity index (χ1v) is 11.9. The van der Waals surface area contributed by atoms with Crippen LogP contribution in [0.4, 0.5) is 10.5 Å². The SMILES string of the molecule is CCc1ccccc1NC(=O)N1CCN(Cc2nc3cccnc3n2-c2ccc(C)cc2)CC1. The van der Waals surface area contributed by atoms with Crippen LogP contribution in [-0.4, -0.2) is 56.5 Å². The molecule has 2 aromatic heterocycles. The molecule has 0 bridgehead atoms. The van der Waals surface area contributed by atoms with E-state index in [1.54, 1.807) is 0 Å². The second-order valence-electron chi connectivity index (χ2n) is 8.75. The van der Waals surface area contributed by atoms with Crippen molar-refractivity contribution in [1.29, 1.82) is 0 Å². The topological polar surface area (TPSA) is 66.3 Å². The molecule has 34 heavy (non-hydrogen) atoms. The molecule has 2 amide bonds. The van der Waals surface area contributed by atoms with E-state index in [-0.39, 0.29) is 6.03 Å². The number of carbonyl (C=O) groups is 1. The van der Waals surface area contributed by atoms with Crippen LogP contribution in [0.25, 0.3) is 16.9 Å². The fourth-order valence-electron chi connectivity index (χ4n) is 4.48. The van der Waals surface area contributed by atoms with Gasteiger partial charge in [0, 0.05) is 43.8 Å². The first-order valence-electron chi connectivity index (χ1n) is 11.9. The summed E-state index contributed by atoms with van der Waals surface area (Å²) in [4.78, 5) is 26.6. The molecule has 0 atom stereocenters. The van der Waals surface area contributed by atoms with Crippen LogP contribution in [-0.2, 0) is 13.0 Å². The molecule has 1 saturated heterocycles. The highest BCUT2D eigenvalue weighted by Gasteiger charge is 2.24. The van der Waals surface area contributed by atoms with Crippen LogP contribution in [0, 0.1) is 6.92 Å². The lowest BCUT2D eigenvalue weighted by Gasteiger charge is -2.34. The number of nitrogens with one attached hydrogen (secondary N) is 1. The highest BCUT2D eigenvalue weighted by atomic mass is 16.2. The lowest BCUT2D eigenvalue weighted by molar-refractivity contribution is 0.140. The molecule has 0 unspecified atom stereocenters. The summed E-state index contributed by atoms with van der Waals surface area (Å²) >= 11 is 0. The minimum absolute atomic E-state index is 0.0309. The lowest BCUT2D eigenvalue weighted by atomic mass is 10.1. The number of piperazine rings is 1. The van der Waals surface area contributed by atoms with Gasteiger partial charge in [-0.3, -0.25) is 9.47 Å². The van der Waals surface area contributed by atoms with E-state index in [1.807, 2.05) is 41.4 Å². The maximum absolute atomic E-state index is 12.9. The number of para-hydroxylation sites is 1. The molecule has 4 aromatic rings. The van der Waals surface area contributed by atoms with Crippen molar-refractivity contribution in [1.82, 2.24) is 24.3 Å². The van der Waals surface area contributed by atoms with Crippen molar-refractivity contribution in [3.63, 3.8) is 0 Å². The van der Waals surface area contributed by atoms with Crippen LogP contribution < -0.4 is 5.32 Å². The van der Waals surface area contributed by atoms with E-state index >= 15 is 0 Å². The Morgan fingerprint density at radius 1 is 0.971 bits per heavy atom. The highest BCUT2D eigenvalue weighted by Crippen LogP contribution is 2.22. The summed E-state index contributed by atoms with van der Waals surface area (Å²) < 4.78 is 2.15. The Bertz CT molecular complexity index is 1290. The van der Waals surface area contributed by atoms with Crippen molar-refractivity contribution >= 4 is 22.9 Å². The molecule has 0 saturated carbocycles. The van der Waals surface area contributed by atoms with Crippen molar-refractivity contribution < 1.29 is 4.79 Å². The van der Waals surface area contributed by atoms with Gasteiger partial charge in [-0.25, -0.2) is 14.8 Å². The monoisotopic (exact) mass is 454 g/mol. The largest absolute Gasteiger partial charge is 0.322 e. The Hall–Kier alpha value is -3.71. The van der Waals surface area contributed by atoms with Gasteiger partial charge in [-0.1, -0.05) is 42.8 Å². The summed E-state index contributed by atoms with van der Waals surface area (Å²) in [5.74, 6) is 0.965. The minimum atomic E-state index is -0.0309. The summed E-state index contributed by atoms with van der Waals surface area (Å²) in [5, 5.41) is 3.09. The van der Waals surface area contributed by atoms with Crippen LogP contribution in [0.2, 0.25) is 0 Å². The van der Waals surface area contributed by atoms with Crippen LogP contribution >= 0.6 is 0 Å². The zero-order valence-electron chi connectivity index (χ0n) is 19.7. The van der Waals surface area contributed by atoms with Crippen LogP contribution in [0.3, 0.4) is 0 Å². The number of urea groups is 1. The number of carbonyl (C=O) groups excluding carboxylic acids is 1. The molecule has 1 fully saturated rings. The number of amides is 2. The first kappa shape index (κ1) is 22.1. The van der Waals surface area contributed by atoms with E-state index in [1.165, 1.54) is 5.56 Å². The van der Waals surface area contributed by atoms with Crippen LogP contribution in [0.15, 0.2) is 66.9 Å². The van der Waals surface area contributed by atoms with Crippen molar-refractivity contribution in [2.75, 3.05) is 31.5 Å². The van der Waals surface area contributed by atoms with Gasteiger partial charge in [0.25, 0.3) is 0 Å². The average Bonchev–Trinajstić information content (AvgIpc) is 3.23. The maximum Gasteiger partial charge on any atom is 0.321 e. The summed E-state index contributed by atoms with van der Waals surface area (Å²) in [5.41, 5.74) is 6.10. The molecule has 0 radical (unpaired) electrons. The summed E-state index contributed by atoms with van der Waals surface area (Å²) in [7, 11) is 0. The second-order valence-corrected chi connectivity index (χ2v) is 8.75. The third-order valence-corrected chi connectivity index (χ3v) is 6.44. The fraction of sp³-hybridized carbons (Fsp3) is 0.296. The van der Waals surface area contributed by atoms with E-state index in [4.69, 9.17) is 4.98 Å². The molecule has 0 aliphatic carbocycles. The van der Waals surface area contributed by atoms with E-state index in [9.17, 15) is 4.79 Å². The number of nitrogens with zero attached hydrogens (tertiary/aromatic N) is 5. The van der Waals surface area contributed by atoms with Crippen molar-refractivity contribution in [3.8, 4) is 5.69 Å². The third-order valence-electron chi connectivity index (χ3n) is 6.44. The first-order chi connectivity index (χ1) is 16.6. The number of imidazole rings is 1. The number of aryl methyl sites for hydroxylation is 2. The Morgan fingerprint density at radius 2 is 1.74 bits per heavy atom. The number of fused-ring (bicyclic) bond motifs is 1. The molecule has 7 nitrogen and oxygen atoms in total. The molecule has 7 heteroatoms. The second kappa shape index (κ2) is 9.65. The van der Waals surface area contributed by atoms with Crippen molar-refractivity contribution in [3.05, 3.63) is 83.8 Å². The lowest BCUT2D eigenvalue weighted by Crippen LogP contribution is -2.49. The number of benzene rings is 2. The van der Waals surface area contributed by atoms with E-state index < -0.39 is 0 Å². The number of aromatic nitrogens is 3. The van der Waals surface area contributed by atoms with Gasteiger partial charge < -0.3 is 10.2 Å². The molecule has 1 N–H and O–H groups in total. The standard InChI is InChI=1S/C27H30N6O/c1-3-21-7-4-5-8-23(21)30-27(34)32-17-15-31(16-18-32)19-25-29-24-9-6-14-28-26(24)33(25)22-12-10-20(2)11-13-22/h4-14H,3,15-19H2,1-2H3,(H,30,34). The molecule has 1 aliphatic rings. The Kier molecular flexibility index (Phi) is 6.27. The maximum atomic E-state index is 12.9. The molecule has 0 spiro atoms. The summed E-state index contributed by atoms with van der Waals surface area (Å²) in [6.07, 6.45) is 2.70. The molecule has 5 rings (SSSR count). The normalized spacial score (nSPS) is 14.5. The Labute approximate surface area is 200 Å². The number of rotatable bonds is 5. The predicted octanol–water partition coefficient (Wildman–Crippen LogP) is 4.64. The van der Waals surface area contributed by atoms with Gasteiger partial charge in [-0.05, 0) is 49.2 Å². The molecular formula is C27H30N6O.